The summed E-state index contributed by atoms with van der Waals surface area (Å²) in [6.45, 7) is 4.97. The standard InChI is InChI=1S/C27H32N4O2/c32-26(30-15-8-14-29(17-18-30)20-21-9-4-3-5-10-21)22-12-13-23-24(19-22)28-25-11-6-1-2-7-16-31(25)27(23)33/h3-5,9-10,12-13,19H,1-2,6-8,11,14-18,20H2. The van der Waals surface area contributed by atoms with Crippen molar-refractivity contribution in [3.63, 3.8) is 0 Å². The summed E-state index contributed by atoms with van der Waals surface area (Å²) in [6, 6.07) is 15.9. The molecule has 0 aliphatic carbocycles. The van der Waals surface area contributed by atoms with Crippen LogP contribution < -0.4 is 5.56 Å². The van der Waals surface area contributed by atoms with E-state index in [9.17, 15) is 9.59 Å². The fourth-order valence-corrected chi connectivity index (χ4v) is 5.08. The predicted molar refractivity (Wildman–Crippen MR) is 130 cm³/mol. The van der Waals surface area contributed by atoms with E-state index in [4.69, 9.17) is 4.98 Å². The quantitative estimate of drug-likeness (QED) is 0.616. The summed E-state index contributed by atoms with van der Waals surface area (Å²) < 4.78 is 1.85. The molecule has 0 saturated carbocycles. The summed E-state index contributed by atoms with van der Waals surface area (Å²) in [5.41, 5.74) is 2.61. The van der Waals surface area contributed by atoms with Crippen LogP contribution in [0.5, 0.6) is 0 Å². The van der Waals surface area contributed by atoms with Crippen LogP contribution >= 0.6 is 0 Å². The van der Waals surface area contributed by atoms with Gasteiger partial charge in [0.2, 0.25) is 0 Å². The maximum absolute atomic E-state index is 13.3. The minimum atomic E-state index is 0.0298. The van der Waals surface area contributed by atoms with Crippen LogP contribution in [-0.2, 0) is 19.5 Å². The first-order valence-corrected chi connectivity index (χ1v) is 12.3. The van der Waals surface area contributed by atoms with Crippen molar-refractivity contribution in [1.82, 2.24) is 19.4 Å². The molecule has 2 aliphatic heterocycles. The molecule has 6 heteroatoms. The summed E-state index contributed by atoms with van der Waals surface area (Å²) in [7, 11) is 0. The summed E-state index contributed by atoms with van der Waals surface area (Å²) >= 11 is 0. The zero-order chi connectivity index (χ0) is 22.6. The van der Waals surface area contributed by atoms with E-state index in [1.54, 1.807) is 12.1 Å². The van der Waals surface area contributed by atoms with Gasteiger partial charge in [0, 0.05) is 51.3 Å². The predicted octanol–water partition coefficient (Wildman–Crippen LogP) is 3.86. The highest BCUT2D eigenvalue weighted by Gasteiger charge is 2.22. The van der Waals surface area contributed by atoms with Crippen LogP contribution in [0.1, 0.15) is 53.8 Å². The molecule has 0 spiro atoms. The molecule has 1 amide bonds. The number of rotatable bonds is 3. The highest BCUT2D eigenvalue weighted by Crippen LogP contribution is 2.18. The van der Waals surface area contributed by atoms with Crippen LogP contribution in [0.3, 0.4) is 0 Å². The molecule has 0 atom stereocenters. The number of hydrogen-bond donors (Lipinski definition) is 0. The van der Waals surface area contributed by atoms with E-state index in [0.29, 0.717) is 23.0 Å². The fourth-order valence-electron chi connectivity index (χ4n) is 5.08. The molecule has 172 valence electrons. The molecule has 0 N–H and O–H groups in total. The van der Waals surface area contributed by atoms with Gasteiger partial charge in [-0.1, -0.05) is 43.2 Å². The van der Waals surface area contributed by atoms with E-state index in [2.05, 4.69) is 29.2 Å². The Morgan fingerprint density at radius 2 is 1.70 bits per heavy atom. The van der Waals surface area contributed by atoms with Gasteiger partial charge in [-0.15, -0.1) is 0 Å². The van der Waals surface area contributed by atoms with Gasteiger partial charge < -0.3 is 4.90 Å². The first-order valence-electron chi connectivity index (χ1n) is 12.3. The Kier molecular flexibility index (Phi) is 6.53. The lowest BCUT2D eigenvalue weighted by Crippen LogP contribution is -2.35. The first-order chi connectivity index (χ1) is 16.2. The van der Waals surface area contributed by atoms with Crippen molar-refractivity contribution < 1.29 is 4.79 Å². The van der Waals surface area contributed by atoms with Gasteiger partial charge in [0.05, 0.1) is 10.9 Å². The fraction of sp³-hybridized carbons (Fsp3) is 0.444. The lowest BCUT2D eigenvalue weighted by molar-refractivity contribution is 0.0761. The molecule has 1 fully saturated rings. The van der Waals surface area contributed by atoms with E-state index in [1.807, 2.05) is 21.6 Å². The van der Waals surface area contributed by atoms with Crippen LogP contribution in [0, 0.1) is 0 Å². The number of carbonyl (C=O) groups excluding carboxylic acids is 1. The van der Waals surface area contributed by atoms with Crippen molar-refractivity contribution >= 4 is 16.8 Å². The van der Waals surface area contributed by atoms with E-state index < -0.39 is 0 Å². The summed E-state index contributed by atoms with van der Waals surface area (Å²) in [4.78, 5) is 35.6. The Morgan fingerprint density at radius 3 is 2.58 bits per heavy atom. The monoisotopic (exact) mass is 444 g/mol. The van der Waals surface area contributed by atoms with Gasteiger partial charge in [0.1, 0.15) is 5.82 Å². The zero-order valence-corrected chi connectivity index (χ0v) is 19.2. The number of aromatic nitrogens is 2. The first kappa shape index (κ1) is 21.8. The Hall–Kier alpha value is -2.99. The van der Waals surface area contributed by atoms with Crippen LogP contribution in [-0.4, -0.2) is 51.4 Å². The molecule has 33 heavy (non-hydrogen) atoms. The Labute approximate surface area is 194 Å². The minimum Gasteiger partial charge on any atom is -0.337 e. The summed E-state index contributed by atoms with van der Waals surface area (Å²) in [5, 5.41) is 0.612. The summed E-state index contributed by atoms with van der Waals surface area (Å²) in [6.07, 6.45) is 6.21. The smallest absolute Gasteiger partial charge is 0.261 e. The normalized spacial score (nSPS) is 17.8. The maximum Gasteiger partial charge on any atom is 0.261 e. The van der Waals surface area contributed by atoms with Gasteiger partial charge in [0.15, 0.2) is 0 Å². The topological polar surface area (TPSA) is 58.4 Å². The number of benzene rings is 2. The van der Waals surface area contributed by atoms with Gasteiger partial charge in [-0.05, 0) is 43.0 Å². The molecule has 6 nitrogen and oxygen atoms in total. The number of fused-ring (bicyclic) bond motifs is 2. The van der Waals surface area contributed by atoms with E-state index in [0.717, 1.165) is 70.7 Å². The van der Waals surface area contributed by atoms with Crippen molar-refractivity contribution in [2.75, 3.05) is 26.2 Å². The Morgan fingerprint density at radius 1 is 0.848 bits per heavy atom. The second-order valence-electron chi connectivity index (χ2n) is 9.29. The van der Waals surface area contributed by atoms with E-state index >= 15 is 0 Å². The average molecular weight is 445 g/mol. The van der Waals surface area contributed by atoms with Crippen molar-refractivity contribution in [2.45, 2.75) is 51.6 Å². The van der Waals surface area contributed by atoms with Crippen molar-refractivity contribution in [3.8, 4) is 0 Å². The minimum absolute atomic E-state index is 0.0298. The lowest BCUT2D eigenvalue weighted by Gasteiger charge is -2.22. The van der Waals surface area contributed by atoms with E-state index in [-0.39, 0.29) is 11.5 Å². The molecular weight excluding hydrogens is 412 g/mol. The third kappa shape index (κ3) is 4.86. The molecule has 3 heterocycles. The van der Waals surface area contributed by atoms with Crippen molar-refractivity contribution in [3.05, 3.63) is 75.8 Å². The van der Waals surface area contributed by atoms with Crippen molar-refractivity contribution in [2.24, 2.45) is 0 Å². The van der Waals surface area contributed by atoms with Crippen LogP contribution in [0.2, 0.25) is 0 Å². The van der Waals surface area contributed by atoms with Crippen LogP contribution in [0.15, 0.2) is 53.3 Å². The van der Waals surface area contributed by atoms with Gasteiger partial charge in [-0.3, -0.25) is 19.1 Å². The number of amides is 1. The molecule has 3 aromatic rings. The third-order valence-corrected chi connectivity index (χ3v) is 6.94. The molecule has 0 radical (unpaired) electrons. The SMILES string of the molecule is O=C(c1ccc2c(=O)n3c(nc2c1)CCCCCC3)N1CCCN(Cc2ccccc2)CC1. The van der Waals surface area contributed by atoms with Gasteiger partial charge >= 0.3 is 0 Å². The number of hydrogen-bond acceptors (Lipinski definition) is 4. The average Bonchev–Trinajstić information content (AvgIpc) is 3.06. The van der Waals surface area contributed by atoms with Crippen LogP contribution in [0.25, 0.3) is 10.9 Å². The lowest BCUT2D eigenvalue weighted by atomic mass is 10.1. The number of nitrogens with zero attached hydrogens (tertiary/aromatic N) is 4. The molecule has 1 aromatic heterocycles. The molecule has 2 aromatic carbocycles. The highest BCUT2D eigenvalue weighted by molar-refractivity contribution is 5.97. The van der Waals surface area contributed by atoms with Gasteiger partial charge in [-0.2, -0.15) is 0 Å². The highest BCUT2D eigenvalue weighted by atomic mass is 16.2. The second-order valence-corrected chi connectivity index (χ2v) is 9.29. The van der Waals surface area contributed by atoms with Gasteiger partial charge in [-0.25, -0.2) is 4.98 Å². The molecular formula is C27H32N4O2. The summed E-state index contributed by atoms with van der Waals surface area (Å²) in [5.74, 6) is 0.898. The van der Waals surface area contributed by atoms with E-state index in [1.165, 1.54) is 12.0 Å². The largest absolute Gasteiger partial charge is 0.337 e. The van der Waals surface area contributed by atoms with Gasteiger partial charge in [0.25, 0.3) is 11.5 Å². The number of aryl methyl sites for hydroxylation is 1. The molecule has 2 aliphatic rings. The molecule has 0 bridgehead atoms. The molecule has 1 saturated heterocycles. The Bertz CT molecular complexity index is 1190. The third-order valence-electron chi connectivity index (χ3n) is 6.94. The van der Waals surface area contributed by atoms with Crippen molar-refractivity contribution in [1.29, 1.82) is 0 Å². The maximum atomic E-state index is 13.3. The van der Waals surface area contributed by atoms with Crippen LogP contribution in [0.4, 0.5) is 0 Å². The second kappa shape index (κ2) is 9.87. The molecule has 0 unspecified atom stereocenters. The molecule has 5 rings (SSSR count). The number of carbonyl (C=O) groups is 1. The Balaban J connectivity index is 1.33. The zero-order valence-electron chi connectivity index (χ0n) is 19.2.